The van der Waals surface area contributed by atoms with Gasteiger partial charge in [0.15, 0.2) is 0 Å². The molecule has 0 aliphatic heterocycles. The predicted molar refractivity (Wildman–Crippen MR) is 78.5 cm³/mol. The van der Waals surface area contributed by atoms with Gasteiger partial charge in [0.1, 0.15) is 11.6 Å². The van der Waals surface area contributed by atoms with Gasteiger partial charge in [-0.15, -0.1) is 0 Å². The molecular weight excluding hydrogens is 340 g/mol. The summed E-state index contributed by atoms with van der Waals surface area (Å²) in [5.41, 5.74) is -0.690. The number of nitriles is 1. The largest absolute Gasteiger partial charge is 0.385 e. The van der Waals surface area contributed by atoms with Crippen LogP contribution in [0.4, 0.5) is 8.78 Å². The summed E-state index contributed by atoms with van der Waals surface area (Å²) in [6.45, 7) is 1.48. The van der Waals surface area contributed by atoms with Crippen molar-refractivity contribution < 1.29 is 13.9 Å². The predicted octanol–water partition coefficient (Wildman–Crippen LogP) is 4.05. The van der Waals surface area contributed by atoms with Crippen molar-refractivity contribution in [2.24, 2.45) is 0 Å². The summed E-state index contributed by atoms with van der Waals surface area (Å²) in [5.74, 6) is -1.42. The maximum absolute atomic E-state index is 14.0. The molecule has 0 fully saturated rings. The molecule has 0 bridgehead atoms. The van der Waals surface area contributed by atoms with Crippen LogP contribution in [0.1, 0.15) is 23.6 Å². The Morgan fingerprint density at radius 3 is 2.38 bits per heavy atom. The van der Waals surface area contributed by atoms with Crippen molar-refractivity contribution in [1.82, 2.24) is 0 Å². The van der Waals surface area contributed by atoms with Crippen molar-refractivity contribution in [3.8, 4) is 6.07 Å². The highest BCUT2D eigenvalue weighted by molar-refractivity contribution is 9.10. The van der Waals surface area contributed by atoms with E-state index >= 15 is 0 Å². The van der Waals surface area contributed by atoms with Crippen molar-refractivity contribution in [2.75, 3.05) is 0 Å². The van der Waals surface area contributed by atoms with Crippen LogP contribution in [-0.4, -0.2) is 5.11 Å². The van der Waals surface area contributed by atoms with Crippen LogP contribution in [0.3, 0.4) is 0 Å². The highest BCUT2D eigenvalue weighted by Gasteiger charge is 2.27. The topological polar surface area (TPSA) is 44.0 Å². The molecule has 0 aromatic heterocycles. The second-order valence-electron chi connectivity index (χ2n) is 4.96. The van der Waals surface area contributed by atoms with Gasteiger partial charge in [0, 0.05) is 12.0 Å². The summed E-state index contributed by atoms with van der Waals surface area (Å²) < 4.78 is 27.9. The zero-order valence-electron chi connectivity index (χ0n) is 11.2. The van der Waals surface area contributed by atoms with E-state index in [1.165, 1.54) is 13.0 Å². The van der Waals surface area contributed by atoms with E-state index in [1.807, 2.05) is 6.07 Å². The third-order valence-electron chi connectivity index (χ3n) is 3.30. The van der Waals surface area contributed by atoms with Crippen molar-refractivity contribution in [2.45, 2.75) is 18.9 Å². The van der Waals surface area contributed by atoms with Gasteiger partial charge < -0.3 is 5.11 Å². The Labute approximate surface area is 129 Å². The Hall–Kier alpha value is -1.77. The zero-order chi connectivity index (χ0) is 15.6. The van der Waals surface area contributed by atoms with E-state index < -0.39 is 17.2 Å². The monoisotopic (exact) mass is 351 g/mol. The number of aliphatic hydroxyl groups is 1. The summed E-state index contributed by atoms with van der Waals surface area (Å²) in [5, 5.41) is 19.3. The van der Waals surface area contributed by atoms with Crippen LogP contribution in [-0.2, 0) is 12.0 Å². The minimum Gasteiger partial charge on any atom is -0.385 e. The number of hydrogen-bond donors (Lipinski definition) is 1. The molecule has 0 heterocycles. The van der Waals surface area contributed by atoms with E-state index in [0.717, 1.165) is 6.07 Å². The number of nitrogens with zero attached hydrogens (tertiary/aromatic N) is 1. The van der Waals surface area contributed by atoms with Crippen molar-refractivity contribution in [3.05, 3.63) is 69.2 Å². The van der Waals surface area contributed by atoms with Gasteiger partial charge >= 0.3 is 0 Å². The molecule has 5 heteroatoms. The number of benzene rings is 2. The van der Waals surface area contributed by atoms with Gasteiger partial charge in [-0.3, -0.25) is 0 Å². The maximum Gasteiger partial charge on any atom is 0.143 e. The molecule has 2 rings (SSSR count). The molecule has 0 amide bonds. The molecule has 21 heavy (non-hydrogen) atoms. The van der Waals surface area contributed by atoms with E-state index in [9.17, 15) is 13.9 Å². The Bertz CT molecular complexity index is 705. The lowest BCUT2D eigenvalue weighted by molar-refractivity contribution is 0.0556. The summed E-state index contributed by atoms with van der Waals surface area (Å²) in [4.78, 5) is 0. The molecule has 108 valence electrons. The Morgan fingerprint density at radius 1 is 1.19 bits per heavy atom. The molecule has 2 aromatic carbocycles. The first-order valence-electron chi connectivity index (χ1n) is 6.20. The van der Waals surface area contributed by atoms with Gasteiger partial charge in [-0.25, -0.2) is 8.78 Å². The Kier molecular flexibility index (Phi) is 4.40. The minimum absolute atomic E-state index is 0.148. The summed E-state index contributed by atoms with van der Waals surface area (Å²) in [7, 11) is 0. The molecule has 1 N–H and O–H groups in total. The second-order valence-corrected chi connectivity index (χ2v) is 5.82. The average Bonchev–Trinajstić information content (AvgIpc) is 2.48. The van der Waals surface area contributed by atoms with E-state index in [-0.39, 0.29) is 16.5 Å². The van der Waals surface area contributed by atoms with Gasteiger partial charge in [0.2, 0.25) is 0 Å². The van der Waals surface area contributed by atoms with Crippen LogP contribution in [0.2, 0.25) is 0 Å². The third kappa shape index (κ3) is 3.29. The smallest absolute Gasteiger partial charge is 0.143 e. The molecule has 0 spiro atoms. The molecule has 0 saturated carbocycles. The van der Waals surface area contributed by atoms with Gasteiger partial charge in [-0.1, -0.05) is 12.1 Å². The quantitative estimate of drug-likeness (QED) is 0.847. The van der Waals surface area contributed by atoms with Crippen LogP contribution in [0.25, 0.3) is 0 Å². The van der Waals surface area contributed by atoms with Crippen LogP contribution in [0.15, 0.2) is 40.9 Å². The van der Waals surface area contributed by atoms with Gasteiger partial charge in [-0.05, 0) is 52.7 Å². The highest BCUT2D eigenvalue weighted by atomic mass is 79.9. The average molecular weight is 352 g/mol. The number of halogens is 3. The lowest BCUT2D eigenvalue weighted by atomic mass is 9.88. The third-order valence-corrected chi connectivity index (χ3v) is 3.91. The maximum atomic E-state index is 14.0. The molecular formula is C16H12BrF2NO. The van der Waals surface area contributed by atoms with Crippen LogP contribution in [0, 0.1) is 23.0 Å². The second kappa shape index (κ2) is 5.92. The molecule has 0 aliphatic carbocycles. The number of rotatable bonds is 3. The van der Waals surface area contributed by atoms with Crippen LogP contribution < -0.4 is 0 Å². The fraction of sp³-hybridized carbons (Fsp3) is 0.188. The fourth-order valence-corrected chi connectivity index (χ4v) is 2.45. The van der Waals surface area contributed by atoms with E-state index in [0.29, 0.717) is 11.1 Å². The van der Waals surface area contributed by atoms with E-state index in [2.05, 4.69) is 15.9 Å². The molecule has 2 aromatic rings. The van der Waals surface area contributed by atoms with Gasteiger partial charge in [0.25, 0.3) is 0 Å². The molecule has 0 saturated heterocycles. The van der Waals surface area contributed by atoms with Crippen molar-refractivity contribution in [1.29, 1.82) is 5.26 Å². The standard InChI is InChI=1S/C16H12BrF2NO/c1-16(21,11-4-2-10(9-20)3-5-11)8-12-14(18)7-6-13(17)15(12)19/h2-7,21H,8H2,1H3. The zero-order valence-corrected chi connectivity index (χ0v) is 12.8. The first-order valence-corrected chi connectivity index (χ1v) is 7.00. The van der Waals surface area contributed by atoms with Crippen LogP contribution in [0.5, 0.6) is 0 Å². The van der Waals surface area contributed by atoms with Crippen molar-refractivity contribution >= 4 is 15.9 Å². The Morgan fingerprint density at radius 2 is 1.81 bits per heavy atom. The lowest BCUT2D eigenvalue weighted by Gasteiger charge is -2.24. The van der Waals surface area contributed by atoms with Gasteiger partial charge in [0.05, 0.1) is 21.7 Å². The summed E-state index contributed by atoms with van der Waals surface area (Å²) in [6, 6.07) is 10.7. The highest BCUT2D eigenvalue weighted by Crippen LogP contribution is 2.30. The minimum atomic E-state index is -1.45. The van der Waals surface area contributed by atoms with E-state index in [4.69, 9.17) is 5.26 Å². The number of hydrogen-bond acceptors (Lipinski definition) is 2. The van der Waals surface area contributed by atoms with E-state index in [1.54, 1.807) is 24.3 Å². The fourth-order valence-electron chi connectivity index (χ4n) is 2.08. The molecule has 0 radical (unpaired) electrons. The van der Waals surface area contributed by atoms with Crippen molar-refractivity contribution in [3.63, 3.8) is 0 Å². The van der Waals surface area contributed by atoms with Crippen LogP contribution >= 0.6 is 15.9 Å². The molecule has 0 aliphatic rings. The van der Waals surface area contributed by atoms with Gasteiger partial charge in [-0.2, -0.15) is 5.26 Å². The summed E-state index contributed by atoms with van der Waals surface area (Å²) >= 11 is 3.00. The molecule has 2 nitrogen and oxygen atoms in total. The normalized spacial score (nSPS) is 13.5. The molecule has 1 atom stereocenters. The SMILES string of the molecule is CC(O)(Cc1c(F)ccc(Br)c1F)c1ccc(C#N)cc1. The Balaban J connectivity index is 2.37. The summed E-state index contributed by atoms with van der Waals surface area (Å²) in [6.07, 6.45) is -0.212. The first-order chi connectivity index (χ1) is 9.85. The lowest BCUT2D eigenvalue weighted by Crippen LogP contribution is -2.25. The first kappa shape index (κ1) is 15.6. The molecule has 1 unspecified atom stereocenters.